The SMILES string of the molecule is COC(=O)C1C(C)=NC(C)=C(c2nc(N(C)Cc3ccccc3)no2)C1c1cccc([N+](=O)[O-])c1. The molecule has 0 fully saturated rings. The molecule has 0 N–H and O–H groups in total. The first-order valence-corrected chi connectivity index (χ1v) is 11.0. The van der Waals surface area contributed by atoms with Gasteiger partial charge in [-0.3, -0.25) is 19.9 Å². The molecule has 1 aromatic heterocycles. The number of nitro benzene ring substituents is 1. The molecule has 3 aromatic rings. The van der Waals surface area contributed by atoms with Crippen LogP contribution in [-0.2, 0) is 16.1 Å². The molecular formula is C25H25N5O5. The number of nitrogens with zero attached hydrogens (tertiary/aromatic N) is 5. The number of non-ortho nitro benzene ring substituents is 1. The van der Waals surface area contributed by atoms with Gasteiger partial charge >= 0.3 is 5.97 Å². The molecule has 0 bridgehead atoms. The van der Waals surface area contributed by atoms with E-state index >= 15 is 0 Å². The maximum atomic E-state index is 12.8. The maximum Gasteiger partial charge on any atom is 0.315 e. The van der Waals surface area contributed by atoms with Crippen molar-refractivity contribution in [1.29, 1.82) is 0 Å². The number of nitro groups is 1. The largest absolute Gasteiger partial charge is 0.468 e. The third-order valence-electron chi connectivity index (χ3n) is 5.97. The normalized spacial score (nSPS) is 17.7. The van der Waals surface area contributed by atoms with E-state index in [9.17, 15) is 14.9 Å². The highest BCUT2D eigenvalue weighted by Gasteiger charge is 2.42. The molecule has 0 saturated carbocycles. The topological polar surface area (TPSA) is 124 Å². The van der Waals surface area contributed by atoms with Crippen LogP contribution in [0.5, 0.6) is 0 Å². The summed E-state index contributed by atoms with van der Waals surface area (Å²) in [6.45, 7) is 4.08. The summed E-state index contributed by atoms with van der Waals surface area (Å²) in [4.78, 5) is 34.8. The number of benzene rings is 2. The molecule has 0 amide bonds. The average Bonchev–Trinajstić information content (AvgIpc) is 3.34. The monoisotopic (exact) mass is 475 g/mol. The lowest BCUT2D eigenvalue weighted by atomic mass is 9.75. The number of anilines is 1. The zero-order valence-electron chi connectivity index (χ0n) is 19.8. The third kappa shape index (κ3) is 4.81. The Labute approximate surface area is 202 Å². The highest BCUT2D eigenvalue weighted by atomic mass is 16.6. The van der Waals surface area contributed by atoms with Crippen LogP contribution in [0.2, 0.25) is 0 Å². The lowest BCUT2D eigenvalue weighted by Crippen LogP contribution is -2.33. The summed E-state index contributed by atoms with van der Waals surface area (Å²) in [5.74, 6) is -1.42. The van der Waals surface area contributed by atoms with Crippen LogP contribution in [0, 0.1) is 16.0 Å². The van der Waals surface area contributed by atoms with Gasteiger partial charge in [0.1, 0.15) is 5.92 Å². The molecule has 2 aromatic carbocycles. The smallest absolute Gasteiger partial charge is 0.315 e. The van der Waals surface area contributed by atoms with Crippen molar-refractivity contribution in [3.05, 3.63) is 87.4 Å². The van der Waals surface area contributed by atoms with Crippen molar-refractivity contribution in [3.8, 4) is 0 Å². The number of hydrogen-bond donors (Lipinski definition) is 0. The van der Waals surface area contributed by atoms with Crippen molar-refractivity contribution in [2.24, 2.45) is 10.9 Å². The minimum atomic E-state index is -0.807. The van der Waals surface area contributed by atoms with Crippen molar-refractivity contribution in [2.45, 2.75) is 26.3 Å². The van der Waals surface area contributed by atoms with Gasteiger partial charge in [0, 0.05) is 48.6 Å². The fourth-order valence-electron chi connectivity index (χ4n) is 4.35. The lowest BCUT2D eigenvalue weighted by Gasteiger charge is -2.30. The fraction of sp³-hybridized carbons (Fsp3) is 0.280. The zero-order valence-corrected chi connectivity index (χ0v) is 19.8. The Morgan fingerprint density at radius 2 is 1.91 bits per heavy atom. The number of rotatable bonds is 7. The van der Waals surface area contributed by atoms with E-state index < -0.39 is 22.7 Å². The summed E-state index contributed by atoms with van der Waals surface area (Å²) in [7, 11) is 3.15. The molecule has 4 rings (SSSR count). The maximum absolute atomic E-state index is 12.8. The summed E-state index contributed by atoms with van der Waals surface area (Å²) in [6.07, 6.45) is 0. The van der Waals surface area contributed by atoms with Gasteiger partial charge in [0.25, 0.3) is 17.5 Å². The predicted molar refractivity (Wildman–Crippen MR) is 130 cm³/mol. The van der Waals surface area contributed by atoms with Crippen LogP contribution in [0.3, 0.4) is 0 Å². The molecule has 2 atom stereocenters. The molecule has 10 heteroatoms. The van der Waals surface area contributed by atoms with Gasteiger partial charge in [-0.25, -0.2) is 0 Å². The second-order valence-corrected chi connectivity index (χ2v) is 8.32. The van der Waals surface area contributed by atoms with E-state index in [0.717, 1.165) is 5.56 Å². The second-order valence-electron chi connectivity index (χ2n) is 8.32. The van der Waals surface area contributed by atoms with Gasteiger partial charge in [0.05, 0.1) is 12.0 Å². The summed E-state index contributed by atoms with van der Waals surface area (Å²) >= 11 is 0. The second kappa shape index (κ2) is 9.88. The Balaban J connectivity index is 1.78. The van der Waals surface area contributed by atoms with Crippen LogP contribution in [0.4, 0.5) is 11.6 Å². The Hall–Kier alpha value is -4.34. The fourth-order valence-corrected chi connectivity index (χ4v) is 4.35. The first-order valence-electron chi connectivity index (χ1n) is 11.0. The number of methoxy groups -OCH3 is 1. The summed E-state index contributed by atoms with van der Waals surface area (Å²) < 4.78 is 10.7. The first-order chi connectivity index (χ1) is 16.8. The zero-order chi connectivity index (χ0) is 25.1. The van der Waals surface area contributed by atoms with Crippen molar-refractivity contribution < 1.29 is 19.0 Å². The van der Waals surface area contributed by atoms with Crippen LogP contribution in [0.1, 0.15) is 36.8 Å². The number of aromatic nitrogens is 2. The van der Waals surface area contributed by atoms with Crippen LogP contribution in [0.15, 0.2) is 69.8 Å². The van der Waals surface area contributed by atoms with Crippen molar-refractivity contribution >= 4 is 28.9 Å². The third-order valence-corrected chi connectivity index (χ3v) is 5.97. The lowest BCUT2D eigenvalue weighted by molar-refractivity contribution is -0.384. The van der Waals surface area contributed by atoms with Gasteiger partial charge in [0.15, 0.2) is 0 Å². The van der Waals surface area contributed by atoms with Gasteiger partial charge in [-0.05, 0) is 30.1 Å². The van der Waals surface area contributed by atoms with Gasteiger partial charge in [0.2, 0.25) is 0 Å². The van der Waals surface area contributed by atoms with Crippen LogP contribution in [-0.4, -0.2) is 40.9 Å². The Kier molecular flexibility index (Phi) is 6.72. The minimum absolute atomic E-state index is 0.0860. The molecule has 2 unspecified atom stereocenters. The molecule has 0 saturated heterocycles. The number of allylic oxidation sites excluding steroid dienone is 2. The Bertz CT molecular complexity index is 1310. The Morgan fingerprint density at radius 3 is 2.60 bits per heavy atom. The standard InChI is InChI=1S/C25H25N5O5/c1-15-20(23-27-25(28-35-23)29(3)14-17-9-6-5-7-10-17)22(21(16(2)26-15)24(31)34-4)18-11-8-12-19(13-18)30(32)33/h5-13,21-22H,14H2,1-4H3. The van der Waals surface area contributed by atoms with E-state index in [4.69, 9.17) is 9.26 Å². The molecule has 180 valence electrons. The van der Waals surface area contributed by atoms with Crippen molar-refractivity contribution in [3.63, 3.8) is 0 Å². The van der Waals surface area contributed by atoms with E-state index in [1.807, 2.05) is 42.3 Å². The average molecular weight is 476 g/mol. The molecule has 2 heterocycles. The minimum Gasteiger partial charge on any atom is -0.468 e. The first kappa shape index (κ1) is 23.8. The molecule has 35 heavy (non-hydrogen) atoms. The number of hydrogen-bond acceptors (Lipinski definition) is 9. The van der Waals surface area contributed by atoms with Crippen LogP contribution in [0.25, 0.3) is 5.57 Å². The molecule has 0 aliphatic carbocycles. The molecule has 1 aliphatic rings. The summed E-state index contributed by atoms with van der Waals surface area (Å²) in [6, 6.07) is 16.0. The predicted octanol–water partition coefficient (Wildman–Crippen LogP) is 4.39. The van der Waals surface area contributed by atoms with E-state index in [2.05, 4.69) is 15.1 Å². The summed E-state index contributed by atoms with van der Waals surface area (Å²) in [5.41, 5.74) is 3.19. The van der Waals surface area contributed by atoms with Crippen molar-refractivity contribution in [2.75, 3.05) is 19.1 Å². The molecule has 10 nitrogen and oxygen atoms in total. The number of ether oxygens (including phenoxy) is 1. The van der Waals surface area contributed by atoms with Gasteiger partial charge < -0.3 is 14.2 Å². The van der Waals surface area contributed by atoms with Gasteiger partial charge in [-0.15, -0.1) is 0 Å². The molecule has 1 aliphatic heterocycles. The van der Waals surface area contributed by atoms with Gasteiger partial charge in [-0.1, -0.05) is 42.5 Å². The Morgan fingerprint density at radius 1 is 1.17 bits per heavy atom. The molecule has 0 spiro atoms. The highest BCUT2D eigenvalue weighted by Crippen LogP contribution is 2.44. The molecular weight excluding hydrogens is 450 g/mol. The molecule has 0 radical (unpaired) electrons. The van der Waals surface area contributed by atoms with Crippen LogP contribution >= 0.6 is 0 Å². The van der Waals surface area contributed by atoms with Gasteiger partial charge in [-0.2, -0.15) is 4.98 Å². The van der Waals surface area contributed by atoms with E-state index in [-0.39, 0.29) is 11.6 Å². The summed E-state index contributed by atoms with van der Waals surface area (Å²) in [5, 5.41) is 15.6. The number of carbonyl (C=O) groups is 1. The quantitative estimate of drug-likeness (QED) is 0.280. The number of esters is 1. The van der Waals surface area contributed by atoms with E-state index in [1.165, 1.54) is 19.2 Å². The van der Waals surface area contributed by atoms with Crippen LogP contribution < -0.4 is 4.90 Å². The van der Waals surface area contributed by atoms with E-state index in [1.54, 1.807) is 26.0 Å². The van der Waals surface area contributed by atoms with E-state index in [0.29, 0.717) is 35.0 Å². The highest BCUT2D eigenvalue weighted by molar-refractivity contribution is 6.06. The number of aliphatic imine (C=N–C) groups is 1. The number of carbonyl (C=O) groups excluding carboxylic acids is 1. The van der Waals surface area contributed by atoms with Crippen molar-refractivity contribution in [1.82, 2.24) is 10.1 Å².